The van der Waals surface area contributed by atoms with Crippen molar-refractivity contribution in [2.45, 2.75) is 38.8 Å². The monoisotopic (exact) mass is 310 g/mol. The zero-order valence-corrected chi connectivity index (χ0v) is 13.5. The predicted molar refractivity (Wildman–Crippen MR) is 89.7 cm³/mol. The zero-order chi connectivity index (χ0) is 16.1. The van der Waals surface area contributed by atoms with Gasteiger partial charge in [0.15, 0.2) is 0 Å². The first-order chi connectivity index (χ1) is 11.3. The quantitative estimate of drug-likeness (QED) is 0.882. The van der Waals surface area contributed by atoms with Crippen LogP contribution in [0.15, 0.2) is 24.4 Å². The van der Waals surface area contributed by atoms with Gasteiger partial charge in [0.25, 0.3) is 0 Å². The molecule has 0 spiro atoms. The molecule has 1 saturated heterocycles. The summed E-state index contributed by atoms with van der Waals surface area (Å²) in [5, 5.41) is 8.55. The summed E-state index contributed by atoms with van der Waals surface area (Å²) >= 11 is 0. The Labute approximate surface area is 136 Å². The number of aromatic nitrogens is 3. The molecule has 1 aliphatic heterocycles. The van der Waals surface area contributed by atoms with Crippen molar-refractivity contribution in [1.82, 2.24) is 15.0 Å². The van der Waals surface area contributed by atoms with Crippen molar-refractivity contribution in [3.63, 3.8) is 0 Å². The van der Waals surface area contributed by atoms with Gasteiger partial charge in [0.2, 0.25) is 0 Å². The third-order valence-corrected chi connectivity index (χ3v) is 4.04. The summed E-state index contributed by atoms with van der Waals surface area (Å²) in [6.45, 7) is 4.06. The van der Waals surface area contributed by atoms with Crippen LogP contribution in [0, 0.1) is 18.8 Å². The van der Waals surface area contributed by atoms with Crippen molar-refractivity contribution in [2.24, 2.45) is 5.73 Å². The van der Waals surface area contributed by atoms with Crippen molar-refractivity contribution in [1.29, 1.82) is 0 Å². The SMILES string of the molecule is Cc1cc(C#CCN)ccc1-c1cn(CC2CCCCO2)nn1. The van der Waals surface area contributed by atoms with Crippen LogP contribution in [0.25, 0.3) is 11.3 Å². The molecule has 0 radical (unpaired) electrons. The van der Waals surface area contributed by atoms with E-state index in [4.69, 9.17) is 10.5 Å². The van der Waals surface area contributed by atoms with Gasteiger partial charge >= 0.3 is 0 Å². The molecule has 3 rings (SSSR count). The number of nitrogens with zero attached hydrogens (tertiary/aromatic N) is 3. The molecule has 0 amide bonds. The summed E-state index contributed by atoms with van der Waals surface area (Å²) in [7, 11) is 0. The van der Waals surface area contributed by atoms with Gasteiger partial charge in [-0.1, -0.05) is 23.1 Å². The summed E-state index contributed by atoms with van der Waals surface area (Å²) in [5.74, 6) is 5.92. The van der Waals surface area contributed by atoms with Gasteiger partial charge in [-0.05, 0) is 43.9 Å². The number of benzene rings is 1. The van der Waals surface area contributed by atoms with Crippen molar-refractivity contribution in [3.05, 3.63) is 35.5 Å². The lowest BCUT2D eigenvalue weighted by Gasteiger charge is -2.21. The second-order valence-electron chi connectivity index (χ2n) is 5.85. The highest BCUT2D eigenvalue weighted by molar-refractivity contribution is 5.64. The minimum Gasteiger partial charge on any atom is -0.376 e. The molecule has 0 aliphatic carbocycles. The van der Waals surface area contributed by atoms with Gasteiger partial charge in [0.05, 0.1) is 25.4 Å². The average Bonchev–Trinajstić information content (AvgIpc) is 3.02. The zero-order valence-electron chi connectivity index (χ0n) is 13.5. The first-order valence-electron chi connectivity index (χ1n) is 8.08. The van der Waals surface area contributed by atoms with E-state index in [0.717, 1.165) is 48.4 Å². The van der Waals surface area contributed by atoms with E-state index in [2.05, 4.69) is 35.1 Å². The van der Waals surface area contributed by atoms with Crippen LogP contribution in [0.2, 0.25) is 0 Å². The molecule has 1 unspecified atom stereocenters. The third kappa shape index (κ3) is 3.98. The van der Waals surface area contributed by atoms with Crippen LogP contribution in [0.3, 0.4) is 0 Å². The van der Waals surface area contributed by atoms with Gasteiger partial charge < -0.3 is 10.5 Å². The topological polar surface area (TPSA) is 66.0 Å². The lowest BCUT2D eigenvalue weighted by Crippen LogP contribution is -2.24. The fourth-order valence-electron chi connectivity index (χ4n) is 2.85. The Morgan fingerprint density at radius 1 is 1.39 bits per heavy atom. The molecule has 2 aromatic rings. The first kappa shape index (κ1) is 15.7. The van der Waals surface area contributed by atoms with Gasteiger partial charge in [-0.25, -0.2) is 4.68 Å². The normalized spacial score (nSPS) is 17.6. The van der Waals surface area contributed by atoms with E-state index in [1.165, 1.54) is 6.42 Å². The first-order valence-corrected chi connectivity index (χ1v) is 8.08. The molecule has 0 bridgehead atoms. The highest BCUT2D eigenvalue weighted by atomic mass is 16.5. The van der Waals surface area contributed by atoms with E-state index in [1.807, 2.05) is 23.0 Å². The molecule has 120 valence electrons. The van der Waals surface area contributed by atoms with Gasteiger partial charge in [0.1, 0.15) is 5.69 Å². The Morgan fingerprint density at radius 2 is 2.30 bits per heavy atom. The van der Waals surface area contributed by atoms with Gasteiger partial charge in [-0.2, -0.15) is 0 Å². The molecule has 1 atom stereocenters. The Kier molecular flexibility index (Phi) is 5.06. The van der Waals surface area contributed by atoms with Crippen LogP contribution in [0.5, 0.6) is 0 Å². The second-order valence-corrected chi connectivity index (χ2v) is 5.85. The standard InChI is InChI=1S/C18H22N4O/c1-14-11-15(5-4-9-19)7-8-17(14)18-13-22(21-20-18)12-16-6-2-3-10-23-16/h7-8,11,13,16H,2-3,6,9-10,12,19H2,1H3. The van der Waals surface area contributed by atoms with E-state index in [-0.39, 0.29) is 6.10 Å². The Bertz CT molecular complexity index is 720. The number of ether oxygens (including phenoxy) is 1. The number of nitrogens with two attached hydrogens (primary N) is 1. The molecule has 2 N–H and O–H groups in total. The lowest BCUT2D eigenvalue weighted by molar-refractivity contribution is 0.00370. The fourth-order valence-corrected chi connectivity index (χ4v) is 2.85. The fraction of sp³-hybridized carbons (Fsp3) is 0.444. The molecule has 0 saturated carbocycles. The van der Waals surface area contributed by atoms with Crippen LogP contribution in [0.4, 0.5) is 0 Å². The molecule has 5 nitrogen and oxygen atoms in total. The Morgan fingerprint density at radius 3 is 3.04 bits per heavy atom. The highest BCUT2D eigenvalue weighted by Gasteiger charge is 2.16. The van der Waals surface area contributed by atoms with Crippen LogP contribution >= 0.6 is 0 Å². The van der Waals surface area contributed by atoms with E-state index >= 15 is 0 Å². The van der Waals surface area contributed by atoms with Gasteiger partial charge in [-0.3, -0.25) is 0 Å². The largest absolute Gasteiger partial charge is 0.376 e. The van der Waals surface area contributed by atoms with Crippen molar-refractivity contribution < 1.29 is 4.74 Å². The maximum absolute atomic E-state index is 5.76. The molecule has 23 heavy (non-hydrogen) atoms. The summed E-state index contributed by atoms with van der Waals surface area (Å²) < 4.78 is 7.64. The summed E-state index contributed by atoms with van der Waals surface area (Å²) in [6.07, 6.45) is 5.75. The summed E-state index contributed by atoms with van der Waals surface area (Å²) in [5.41, 5.74) is 9.48. The molecule has 1 aromatic carbocycles. The lowest BCUT2D eigenvalue weighted by atomic mass is 10.0. The number of aryl methyl sites for hydroxylation is 1. The molecule has 1 fully saturated rings. The molecule has 2 heterocycles. The number of hydrogen-bond donors (Lipinski definition) is 1. The van der Waals surface area contributed by atoms with Crippen molar-refractivity contribution in [2.75, 3.05) is 13.2 Å². The van der Waals surface area contributed by atoms with E-state index in [0.29, 0.717) is 6.54 Å². The maximum atomic E-state index is 5.76. The minimum atomic E-state index is 0.258. The molecular formula is C18H22N4O. The van der Waals surface area contributed by atoms with Gasteiger partial charge in [-0.15, -0.1) is 5.10 Å². The van der Waals surface area contributed by atoms with Crippen molar-refractivity contribution >= 4 is 0 Å². The maximum Gasteiger partial charge on any atom is 0.113 e. The van der Waals surface area contributed by atoms with E-state index in [9.17, 15) is 0 Å². The van der Waals surface area contributed by atoms with Crippen molar-refractivity contribution in [3.8, 4) is 23.1 Å². The number of hydrogen-bond acceptors (Lipinski definition) is 4. The predicted octanol–water partition coefficient (Wildman–Crippen LogP) is 2.13. The Balaban J connectivity index is 1.74. The molecule has 5 heteroatoms. The summed E-state index contributed by atoms with van der Waals surface area (Å²) in [6, 6.07) is 6.09. The van der Waals surface area contributed by atoms with Crippen LogP contribution < -0.4 is 5.73 Å². The van der Waals surface area contributed by atoms with Crippen LogP contribution in [0.1, 0.15) is 30.4 Å². The molecule has 1 aromatic heterocycles. The van der Waals surface area contributed by atoms with E-state index < -0.39 is 0 Å². The minimum absolute atomic E-state index is 0.258. The van der Waals surface area contributed by atoms with Crippen LogP contribution in [-0.2, 0) is 11.3 Å². The smallest absolute Gasteiger partial charge is 0.113 e. The third-order valence-electron chi connectivity index (χ3n) is 4.04. The molecular weight excluding hydrogens is 288 g/mol. The van der Waals surface area contributed by atoms with Crippen LogP contribution in [-0.4, -0.2) is 34.2 Å². The second kappa shape index (κ2) is 7.40. The van der Waals surface area contributed by atoms with Gasteiger partial charge in [0, 0.05) is 17.7 Å². The van der Waals surface area contributed by atoms with E-state index in [1.54, 1.807) is 0 Å². The molecule has 1 aliphatic rings. The average molecular weight is 310 g/mol. The highest BCUT2D eigenvalue weighted by Crippen LogP contribution is 2.22. The summed E-state index contributed by atoms with van der Waals surface area (Å²) in [4.78, 5) is 0. The Hall–Kier alpha value is -2.16. The number of rotatable bonds is 3.